The fourth-order valence-corrected chi connectivity index (χ4v) is 2.83. The molecule has 2 aromatic rings. The lowest BCUT2D eigenvalue weighted by molar-refractivity contribution is -0.123. The number of methoxy groups -OCH3 is 1. The number of benzene rings is 2. The minimum absolute atomic E-state index is 0.0895. The monoisotopic (exact) mass is 383 g/mol. The highest BCUT2D eigenvalue weighted by Crippen LogP contribution is 2.17. The molecular weight excluding hydrogens is 354 g/mol. The van der Waals surface area contributed by atoms with Crippen molar-refractivity contribution in [3.05, 3.63) is 59.2 Å². The first-order valence-corrected chi connectivity index (χ1v) is 9.27. The van der Waals surface area contributed by atoms with Crippen LogP contribution in [-0.4, -0.2) is 44.0 Å². The van der Waals surface area contributed by atoms with Gasteiger partial charge < -0.3 is 15.4 Å². The minimum Gasteiger partial charge on any atom is -0.497 e. The number of amides is 2. The summed E-state index contributed by atoms with van der Waals surface area (Å²) in [5, 5.41) is 5.79. The molecule has 0 aromatic heterocycles. The predicted molar refractivity (Wildman–Crippen MR) is 112 cm³/mol. The molecule has 0 aliphatic rings. The summed E-state index contributed by atoms with van der Waals surface area (Å²) < 4.78 is 5.09. The van der Waals surface area contributed by atoms with Crippen LogP contribution in [0.4, 0.5) is 5.69 Å². The Labute approximate surface area is 166 Å². The van der Waals surface area contributed by atoms with E-state index in [1.165, 1.54) is 11.1 Å². The number of nitrogens with one attached hydrogen (secondary N) is 2. The van der Waals surface area contributed by atoms with Crippen molar-refractivity contribution in [3.8, 4) is 5.75 Å². The molecule has 2 aromatic carbocycles. The number of hydrogen-bond donors (Lipinski definition) is 2. The van der Waals surface area contributed by atoms with Gasteiger partial charge in [-0.1, -0.05) is 18.2 Å². The van der Waals surface area contributed by atoms with Crippen molar-refractivity contribution in [1.29, 1.82) is 0 Å². The van der Waals surface area contributed by atoms with Gasteiger partial charge in [0.05, 0.1) is 26.2 Å². The number of rotatable bonds is 8. The van der Waals surface area contributed by atoms with Crippen LogP contribution in [-0.2, 0) is 9.59 Å². The van der Waals surface area contributed by atoms with E-state index in [1.54, 1.807) is 43.3 Å². The Bertz CT molecular complexity index is 818. The van der Waals surface area contributed by atoms with E-state index in [2.05, 4.69) is 36.6 Å². The van der Waals surface area contributed by atoms with Crippen molar-refractivity contribution in [2.24, 2.45) is 0 Å². The lowest BCUT2D eigenvalue weighted by Gasteiger charge is -2.19. The molecule has 0 fully saturated rings. The van der Waals surface area contributed by atoms with Crippen molar-refractivity contribution >= 4 is 17.5 Å². The summed E-state index contributed by atoms with van der Waals surface area (Å²) in [4.78, 5) is 26.1. The summed E-state index contributed by atoms with van der Waals surface area (Å²) in [6, 6.07) is 13.2. The highest BCUT2D eigenvalue weighted by Gasteiger charge is 2.14. The molecule has 6 heteroatoms. The first-order valence-electron chi connectivity index (χ1n) is 9.27. The van der Waals surface area contributed by atoms with E-state index in [0.717, 1.165) is 11.3 Å². The van der Waals surface area contributed by atoms with E-state index in [1.807, 2.05) is 13.0 Å². The third-order valence-corrected chi connectivity index (χ3v) is 4.61. The van der Waals surface area contributed by atoms with Gasteiger partial charge >= 0.3 is 0 Å². The zero-order valence-corrected chi connectivity index (χ0v) is 17.2. The van der Waals surface area contributed by atoms with Gasteiger partial charge in [0.25, 0.3) is 0 Å². The van der Waals surface area contributed by atoms with Gasteiger partial charge in [-0.3, -0.25) is 14.5 Å². The quantitative estimate of drug-likeness (QED) is 0.735. The Morgan fingerprint density at radius 3 is 2.25 bits per heavy atom. The van der Waals surface area contributed by atoms with Gasteiger partial charge in [0.15, 0.2) is 0 Å². The number of ether oxygens (including phenoxy) is 1. The largest absolute Gasteiger partial charge is 0.497 e. The normalized spacial score (nSPS) is 11.8. The summed E-state index contributed by atoms with van der Waals surface area (Å²) in [5.41, 5.74) is 4.18. The Morgan fingerprint density at radius 1 is 1.00 bits per heavy atom. The second kappa shape index (κ2) is 9.90. The van der Waals surface area contributed by atoms with E-state index in [0.29, 0.717) is 5.69 Å². The van der Waals surface area contributed by atoms with Crippen LogP contribution in [0.2, 0.25) is 0 Å². The summed E-state index contributed by atoms with van der Waals surface area (Å²) >= 11 is 0. The third kappa shape index (κ3) is 6.39. The molecule has 0 saturated carbocycles. The highest BCUT2D eigenvalue weighted by atomic mass is 16.5. The molecule has 0 saturated heterocycles. The first kappa shape index (κ1) is 21.4. The molecule has 2 N–H and O–H groups in total. The van der Waals surface area contributed by atoms with E-state index < -0.39 is 0 Å². The minimum atomic E-state index is -0.178. The maximum Gasteiger partial charge on any atom is 0.238 e. The SMILES string of the molecule is COc1ccc(NC(=O)CN(C)CC(=O)N[C@H](C)c2ccc(C)c(C)c2)cc1. The molecular formula is C22H29N3O3. The van der Waals surface area contributed by atoms with Crippen molar-refractivity contribution < 1.29 is 14.3 Å². The third-order valence-electron chi connectivity index (χ3n) is 4.61. The van der Waals surface area contributed by atoms with Crippen LogP contribution in [0.25, 0.3) is 0 Å². The Hall–Kier alpha value is -2.86. The lowest BCUT2D eigenvalue weighted by Crippen LogP contribution is -2.39. The lowest BCUT2D eigenvalue weighted by atomic mass is 10.0. The highest BCUT2D eigenvalue weighted by molar-refractivity contribution is 5.92. The maximum absolute atomic E-state index is 12.3. The van der Waals surface area contributed by atoms with Crippen LogP contribution < -0.4 is 15.4 Å². The number of hydrogen-bond acceptors (Lipinski definition) is 4. The molecule has 28 heavy (non-hydrogen) atoms. The summed E-state index contributed by atoms with van der Waals surface area (Å²) in [5.74, 6) is 0.429. The Kier molecular flexibility index (Phi) is 7.58. The fourth-order valence-electron chi connectivity index (χ4n) is 2.83. The zero-order valence-electron chi connectivity index (χ0n) is 17.2. The molecule has 0 bridgehead atoms. The topological polar surface area (TPSA) is 70.7 Å². The van der Waals surface area contributed by atoms with Crippen LogP contribution in [0.5, 0.6) is 5.75 Å². The first-order chi connectivity index (χ1) is 13.3. The molecule has 0 radical (unpaired) electrons. The maximum atomic E-state index is 12.3. The van der Waals surface area contributed by atoms with E-state index >= 15 is 0 Å². The van der Waals surface area contributed by atoms with E-state index in [-0.39, 0.29) is 30.9 Å². The van der Waals surface area contributed by atoms with Crippen molar-refractivity contribution in [1.82, 2.24) is 10.2 Å². The van der Waals surface area contributed by atoms with E-state index in [4.69, 9.17) is 4.74 Å². The van der Waals surface area contributed by atoms with Gasteiger partial charge in [0.2, 0.25) is 11.8 Å². The van der Waals surface area contributed by atoms with Crippen LogP contribution in [0, 0.1) is 13.8 Å². The van der Waals surface area contributed by atoms with Gasteiger partial charge in [-0.2, -0.15) is 0 Å². The van der Waals surface area contributed by atoms with Gasteiger partial charge in [0, 0.05) is 5.69 Å². The molecule has 150 valence electrons. The number of likely N-dealkylation sites (N-methyl/N-ethyl adjacent to an activating group) is 1. The molecule has 1 atom stereocenters. The molecule has 6 nitrogen and oxygen atoms in total. The van der Waals surface area contributed by atoms with Crippen LogP contribution >= 0.6 is 0 Å². The summed E-state index contributed by atoms with van der Waals surface area (Å²) in [6.45, 7) is 6.35. The van der Waals surface area contributed by atoms with Gasteiger partial charge in [-0.25, -0.2) is 0 Å². The fraction of sp³-hybridized carbons (Fsp3) is 0.364. The van der Waals surface area contributed by atoms with Gasteiger partial charge in [-0.15, -0.1) is 0 Å². The average Bonchev–Trinajstić information content (AvgIpc) is 2.64. The number of carbonyl (C=O) groups excluding carboxylic acids is 2. The van der Waals surface area contributed by atoms with Crippen LogP contribution in [0.15, 0.2) is 42.5 Å². The zero-order chi connectivity index (χ0) is 20.7. The number of carbonyl (C=O) groups is 2. The van der Waals surface area contributed by atoms with Gasteiger partial charge in [0.1, 0.15) is 5.75 Å². The Balaban J connectivity index is 1.80. The smallest absolute Gasteiger partial charge is 0.238 e. The number of anilines is 1. The summed E-state index contributed by atoms with van der Waals surface area (Å²) in [6.07, 6.45) is 0. The second-order valence-electron chi connectivity index (χ2n) is 7.08. The standard InChI is InChI=1S/C22H29N3O3/c1-15-6-7-18(12-16(15)2)17(3)23-21(26)13-25(4)14-22(27)24-19-8-10-20(28-5)11-9-19/h6-12,17H,13-14H2,1-5H3,(H,23,26)(H,24,27)/t17-/m1/s1. The average molecular weight is 383 g/mol. The Morgan fingerprint density at radius 2 is 1.64 bits per heavy atom. The van der Waals surface area contributed by atoms with Crippen molar-refractivity contribution in [3.63, 3.8) is 0 Å². The summed E-state index contributed by atoms with van der Waals surface area (Å²) in [7, 11) is 3.34. The van der Waals surface area contributed by atoms with Crippen molar-refractivity contribution in [2.75, 3.05) is 32.6 Å². The molecule has 0 heterocycles. The number of aryl methyl sites for hydroxylation is 2. The molecule has 0 aliphatic carbocycles. The molecule has 0 unspecified atom stereocenters. The second-order valence-corrected chi connectivity index (χ2v) is 7.08. The number of nitrogens with zero attached hydrogens (tertiary/aromatic N) is 1. The van der Waals surface area contributed by atoms with Crippen LogP contribution in [0.3, 0.4) is 0 Å². The molecule has 2 rings (SSSR count). The van der Waals surface area contributed by atoms with Crippen LogP contribution in [0.1, 0.15) is 29.7 Å². The van der Waals surface area contributed by atoms with E-state index in [9.17, 15) is 9.59 Å². The molecule has 2 amide bonds. The molecule has 0 spiro atoms. The van der Waals surface area contributed by atoms with Crippen molar-refractivity contribution in [2.45, 2.75) is 26.8 Å². The van der Waals surface area contributed by atoms with Gasteiger partial charge in [-0.05, 0) is 68.8 Å². The predicted octanol–water partition coefficient (Wildman–Crippen LogP) is 3.06. The molecule has 0 aliphatic heterocycles.